The van der Waals surface area contributed by atoms with Crippen molar-refractivity contribution in [1.82, 2.24) is 25.1 Å². The molecular weight excluding hydrogens is 418 g/mol. The van der Waals surface area contributed by atoms with Crippen LogP contribution in [0.15, 0.2) is 84.9 Å². The highest BCUT2D eigenvalue weighted by Gasteiger charge is 2.10. The van der Waals surface area contributed by atoms with E-state index in [0.29, 0.717) is 29.6 Å². The first-order chi connectivity index (χ1) is 16.3. The number of hydrogen-bond donors (Lipinski definition) is 1. The van der Waals surface area contributed by atoms with E-state index < -0.39 is 0 Å². The summed E-state index contributed by atoms with van der Waals surface area (Å²) < 4.78 is 12.9. The second kappa shape index (κ2) is 9.35. The van der Waals surface area contributed by atoms with Crippen molar-refractivity contribution in [2.75, 3.05) is 19.8 Å². The van der Waals surface area contributed by atoms with Crippen molar-refractivity contribution in [1.29, 1.82) is 0 Å². The first kappa shape index (κ1) is 20.4. The number of nitrogens with one attached hydrogen (secondary N) is 1. The Morgan fingerprint density at radius 3 is 2.55 bits per heavy atom. The van der Waals surface area contributed by atoms with E-state index in [1.807, 2.05) is 72.8 Å². The first-order valence-corrected chi connectivity index (χ1v) is 10.6. The van der Waals surface area contributed by atoms with Gasteiger partial charge in [0.15, 0.2) is 18.1 Å². The van der Waals surface area contributed by atoms with Gasteiger partial charge in [-0.05, 0) is 29.0 Å². The number of fused-ring (bicyclic) bond motifs is 2. The summed E-state index contributed by atoms with van der Waals surface area (Å²) in [6.07, 6.45) is 0. The Morgan fingerprint density at radius 1 is 0.848 bits per heavy atom. The minimum atomic E-state index is -0.222. The summed E-state index contributed by atoms with van der Waals surface area (Å²) in [5.74, 6) is 1.48. The molecule has 0 unspecified atom stereocenters. The molecular formula is C25H21N5O3. The molecule has 33 heavy (non-hydrogen) atoms. The van der Waals surface area contributed by atoms with Crippen LogP contribution >= 0.6 is 0 Å². The van der Waals surface area contributed by atoms with E-state index >= 15 is 0 Å². The summed E-state index contributed by atoms with van der Waals surface area (Å²) in [6.45, 7) is 0.528. The molecule has 0 spiro atoms. The van der Waals surface area contributed by atoms with Crippen LogP contribution in [0.3, 0.4) is 0 Å². The van der Waals surface area contributed by atoms with E-state index in [1.165, 1.54) is 0 Å². The molecule has 3 aromatic carbocycles. The van der Waals surface area contributed by atoms with Gasteiger partial charge in [-0.15, -0.1) is 15.3 Å². The second-order valence-electron chi connectivity index (χ2n) is 7.33. The summed E-state index contributed by atoms with van der Waals surface area (Å²) in [5, 5.41) is 17.8. The molecule has 164 valence electrons. The van der Waals surface area contributed by atoms with E-state index in [1.54, 1.807) is 16.6 Å². The molecule has 5 aromatic rings. The zero-order valence-corrected chi connectivity index (χ0v) is 17.7. The molecule has 2 heterocycles. The summed E-state index contributed by atoms with van der Waals surface area (Å²) in [7, 11) is 0. The maximum atomic E-state index is 12.1. The third-order valence-electron chi connectivity index (χ3n) is 5.04. The Kier molecular flexibility index (Phi) is 5.79. The van der Waals surface area contributed by atoms with Crippen molar-refractivity contribution in [3.63, 3.8) is 0 Å². The van der Waals surface area contributed by atoms with Crippen molar-refractivity contribution in [3.05, 3.63) is 84.9 Å². The minimum absolute atomic E-state index is 0.0658. The standard InChI is InChI=1S/C25H21N5O3/c31-23(17-33-21-11-10-18-6-4-5-9-20(18)16-21)26-14-15-32-24-13-12-22-27-28-25(30(22)29-24)19-7-2-1-3-8-19/h1-13,16H,14-15,17H2,(H,26,31). The van der Waals surface area contributed by atoms with Crippen LogP contribution in [0.25, 0.3) is 27.8 Å². The summed E-state index contributed by atoms with van der Waals surface area (Å²) in [4.78, 5) is 12.1. The number of carbonyl (C=O) groups is 1. The molecule has 2 aromatic heterocycles. The lowest BCUT2D eigenvalue weighted by Gasteiger charge is -2.09. The smallest absolute Gasteiger partial charge is 0.258 e. The van der Waals surface area contributed by atoms with Crippen molar-refractivity contribution in [2.45, 2.75) is 0 Å². The highest BCUT2D eigenvalue weighted by Crippen LogP contribution is 2.20. The topological polar surface area (TPSA) is 90.6 Å². The van der Waals surface area contributed by atoms with Crippen LogP contribution < -0.4 is 14.8 Å². The predicted molar refractivity (Wildman–Crippen MR) is 124 cm³/mol. The summed E-state index contributed by atoms with van der Waals surface area (Å²) >= 11 is 0. The van der Waals surface area contributed by atoms with E-state index in [4.69, 9.17) is 9.47 Å². The monoisotopic (exact) mass is 439 g/mol. The van der Waals surface area contributed by atoms with Crippen LogP contribution in [0.1, 0.15) is 0 Å². The fraction of sp³-hybridized carbons (Fsp3) is 0.120. The Balaban J connectivity index is 1.12. The van der Waals surface area contributed by atoms with Crippen LogP contribution in [0.4, 0.5) is 0 Å². The van der Waals surface area contributed by atoms with Crippen LogP contribution in [0, 0.1) is 0 Å². The number of hydrogen-bond acceptors (Lipinski definition) is 6. The molecule has 8 nitrogen and oxygen atoms in total. The zero-order valence-electron chi connectivity index (χ0n) is 17.7. The van der Waals surface area contributed by atoms with E-state index in [-0.39, 0.29) is 19.1 Å². The SMILES string of the molecule is O=C(COc1ccc2ccccc2c1)NCCOc1ccc2nnc(-c3ccccc3)n2n1. The van der Waals surface area contributed by atoms with Crippen molar-refractivity contribution >= 4 is 22.3 Å². The first-order valence-electron chi connectivity index (χ1n) is 10.6. The highest BCUT2D eigenvalue weighted by atomic mass is 16.5. The summed E-state index contributed by atoms with van der Waals surface area (Å²) in [5.41, 5.74) is 1.54. The molecule has 0 aliphatic rings. The van der Waals surface area contributed by atoms with Gasteiger partial charge in [0.25, 0.3) is 5.91 Å². The van der Waals surface area contributed by atoms with Gasteiger partial charge in [0.1, 0.15) is 12.4 Å². The Labute approximate surface area is 189 Å². The largest absolute Gasteiger partial charge is 0.484 e. The van der Waals surface area contributed by atoms with Gasteiger partial charge >= 0.3 is 0 Å². The van der Waals surface area contributed by atoms with Crippen molar-refractivity contribution in [2.24, 2.45) is 0 Å². The maximum Gasteiger partial charge on any atom is 0.258 e. The number of carbonyl (C=O) groups excluding carboxylic acids is 1. The van der Waals surface area contributed by atoms with Gasteiger partial charge in [0.05, 0.1) is 6.54 Å². The number of aromatic nitrogens is 4. The fourth-order valence-electron chi connectivity index (χ4n) is 3.42. The molecule has 0 saturated heterocycles. The predicted octanol–water partition coefficient (Wildman–Crippen LogP) is 3.52. The molecule has 0 atom stereocenters. The van der Waals surface area contributed by atoms with Gasteiger partial charge in [-0.1, -0.05) is 60.7 Å². The molecule has 0 aliphatic heterocycles. The lowest BCUT2D eigenvalue weighted by molar-refractivity contribution is -0.123. The van der Waals surface area contributed by atoms with Gasteiger partial charge < -0.3 is 14.8 Å². The van der Waals surface area contributed by atoms with Crippen molar-refractivity contribution in [3.8, 4) is 23.0 Å². The fourth-order valence-corrected chi connectivity index (χ4v) is 3.42. The van der Waals surface area contributed by atoms with Gasteiger partial charge in [0, 0.05) is 11.6 Å². The Morgan fingerprint density at radius 2 is 1.67 bits per heavy atom. The Bertz CT molecular complexity index is 1400. The maximum absolute atomic E-state index is 12.1. The molecule has 1 amide bonds. The minimum Gasteiger partial charge on any atom is -0.484 e. The van der Waals surface area contributed by atoms with Gasteiger partial charge in [-0.2, -0.15) is 4.52 Å². The molecule has 8 heteroatoms. The van der Waals surface area contributed by atoms with Gasteiger partial charge in [-0.3, -0.25) is 4.79 Å². The van der Waals surface area contributed by atoms with Crippen LogP contribution in [-0.2, 0) is 4.79 Å². The van der Waals surface area contributed by atoms with E-state index in [0.717, 1.165) is 16.3 Å². The normalized spacial score (nSPS) is 10.9. The average Bonchev–Trinajstić information content (AvgIpc) is 3.29. The third-order valence-corrected chi connectivity index (χ3v) is 5.04. The summed E-state index contributed by atoms with van der Waals surface area (Å²) in [6, 6.07) is 27.0. The number of benzene rings is 3. The molecule has 0 fully saturated rings. The number of ether oxygens (including phenoxy) is 2. The highest BCUT2D eigenvalue weighted by molar-refractivity contribution is 5.84. The van der Waals surface area contributed by atoms with Crippen LogP contribution in [-0.4, -0.2) is 45.5 Å². The molecule has 0 aliphatic carbocycles. The van der Waals surface area contributed by atoms with E-state index in [9.17, 15) is 4.79 Å². The molecule has 5 rings (SSSR count). The van der Waals surface area contributed by atoms with E-state index in [2.05, 4.69) is 20.6 Å². The van der Waals surface area contributed by atoms with Gasteiger partial charge in [0.2, 0.25) is 5.88 Å². The van der Waals surface area contributed by atoms with Crippen LogP contribution in [0.5, 0.6) is 11.6 Å². The zero-order chi connectivity index (χ0) is 22.5. The number of nitrogens with zero attached hydrogens (tertiary/aromatic N) is 4. The lowest BCUT2D eigenvalue weighted by Crippen LogP contribution is -2.32. The molecule has 0 saturated carbocycles. The quantitative estimate of drug-likeness (QED) is 0.372. The number of amides is 1. The molecule has 0 bridgehead atoms. The lowest BCUT2D eigenvalue weighted by atomic mass is 10.1. The average molecular weight is 439 g/mol. The second-order valence-corrected chi connectivity index (χ2v) is 7.33. The number of rotatable bonds is 8. The molecule has 1 N–H and O–H groups in total. The van der Waals surface area contributed by atoms with Gasteiger partial charge in [-0.25, -0.2) is 0 Å². The third kappa shape index (κ3) is 4.74. The van der Waals surface area contributed by atoms with Crippen molar-refractivity contribution < 1.29 is 14.3 Å². The van der Waals surface area contributed by atoms with Crippen LogP contribution in [0.2, 0.25) is 0 Å². The molecule has 0 radical (unpaired) electrons. The Hall–Kier alpha value is -4.46.